The zero-order valence-corrected chi connectivity index (χ0v) is 9.28. The molecule has 4 nitrogen and oxygen atoms in total. The minimum Gasteiger partial charge on any atom is -0.476 e. The lowest BCUT2D eigenvalue weighted by Crippen LogP contribution is -2.06. The number of nitrogens with zero attached hydrogens (tertiary/aromatic N) is 2. The van der Waals surface area contributed by atoms with Crippen LogP contribution in [-0.4, -0.2) is 20.9 Å². The van der Waals surface area contributed by atoms with Crippen LogP contribution in [0, 0.1) is 3.57 Å². The standard InChI is InChI=1S/C8H9IN2O2/c1-11-7(8(12)13)5(9)6(10-11)4-2-3-4/h4H,2-3H2,1H3,(H,12,13). The molecule has 5 heteroatoms. The summed E-state index contributed by atoms with van der Waals surface area (Å²) in [6, 6.07) is 0. The van der Waals surface area contributed by atoms with Crippen molar-refractivity contribution in [3.8, 4) is 0 Å². The number of halogens is 1. The second-order valence-corrected chi connectivity index (χ2v) is 4.33. The maximum atomic E-state index is 10.8. The Kier molecular flexibility index (Phi) is 2.05. The molecule has 1 N–H and O–H groups in total. The quantitative estimate of drug-likeness (QED) is 0.842. The predicted octanol–water partition coefficient (Wildman–Crippen LogP) is 1.60. The summed E-state index contributed by atoms with van der Waals surface area (Å²) in [6.45, 7) is 0. The van der Waals surface area contributed by atoms with Crippen molar-refractivity contribution in [2.45, 2.75) is 18.8 Å². The fourth-order valence-corrected chi connectivity index (χ4v) is 2.50. The molecule has 13 heavy (non-hydrogen) atoms. The van der Waals surface area contributed by atoms with E-state index in [1.807, 2.05) is 0 Å². The molecule has 0 unspecified atom stereocenters. The smallest absolute Gasteiger partial charge is 0.355 e. The van der Waals surface area contributed by atoms with E-state index < -0.39 is 5.97 Å². The van der Waals surface area contributed by atoms with Gasteiger partial charge in [0.05, 0.1) is 9.26 Å². The Hall–Kier alpha value is -0.590. The second kappa shape index (κ2) is 2.97. The summed E-state index contributed by atoms with van der Waals surface area (Å²) >= 11 is 2.07. The van der Waals surface area contributed by atoms with Crippen molar-refractivity contribution in [2.24, 2.45) is 7.05 Å². The topological polar surface area (TPSA) is 55.1 Å². The van der Waals surface area contributed by atoms with E-state index in [2.05, 4.69) is 27.7 Å². The number of carboxylic acid groups (broad SMARTS) is 1. The normalized spacial score (nSPS) is 16.2. The zero-order chi connectivity index (χ0) is 9.59. The molecule has 1 fully saturated rings. The molecule has 0 radical (unpaired) electrons. The summed E-state index contributed by atoms with van der Waals surface area (Å²) in [5, 5.41) is 13.1. The molecule has 1 aliphatic carbocycles. The fraction of sp³-hybridized carbons (Fsp3) is 0.500. The molecule has 1 aliphatic rings. The zero-order valence-electron chi connectivity index (χ0n) is 7.12. The molecule has 0 bridgehead atoms. The van der Waals surface area contributed by atoms with Crippen molar-refractivity contribution in [3.63, 3.8) is 0 Å². The van der Waals surface area contributed by atoms with Crippen LogP contribution >= 0.6 is 22.6 Å². The Bertz CT molecular complexity index is 368. The van der Waals surface area contributed by atoms with E-state index in [9.17, 15) is 4.79 Å². The molecule has 1 aromatic rings. The van der Waals surface area contributed by atoms with Crippen LogP contribution in [0.25, 0.3) is 0 Å². The summed E-state index contributed by atoms with van der Waals surface area (Å²) in [6.07, 6.45) is 2.29. The van der Waals surface area contributed by atoms with Crippen molar-refractivity contribution >= 4 is 28.6 Å². The number of aromatic nitrogens is 2. The summed E-state index contributed by atoms with van der Waals surface area (Å²) in [7, 11) is 1.68. The van der Waals surface area contributed by atoms with Crippen LogP contribution in [0.1, 0.15) is 34.9 Å². The summed E-state index contributed by atoms with van der Waals surface area (Å²) in [5.74, 6) is -0.391. The molecule has 0 saturated heterocycles. The highest BCUT2D eigenvalue weighted by Crippen LogP contribution is 2.41. The number of aryl methyl sites for hydroxylation is 1. The molecule has 1 aromatic heterocycles. The van der Waals surface area contributed by atoms with Gasteiger partial charge in [0, 0.05) is 13.0 Å². The summed E-state index contributed by atoms with van der Waals surface area (Å²) in [4.78, 5) is 10.8. The van der Waals surface area contributed by atoms with Gasteiger partial charge in [0.25, 0.3) is 0 Å². The first-order chi connectivity index (χ1) is 6.11. The lowest BCUT2D eigenvalue weighted by atomic mass is 10.3. The van der Waals surface area contributed by atoms with E-state index in [1.165, 1.54) is 4.68 Å². The van der Waals surface area contributed by atoms with Crippen molar-refractivity contribution in [2.75, 3.05) is 0 Å². The van der Waals surface area contributed by atoms with Gasteiger partial charge in [-0.15, -0.1) is 0 Å². The molecule has 0 aromatic carbocycles. The molecule has 0 atom stereocenters. The van der Waals surface area contributed by atoms with Gasteiger partial charge < -0.3 is 5.11 Å². The highest BCUT2D eigenvalue weighted by Gasteiger charge is 2.31. The van der Waals surface area contributed by atoms with Crippen LogP contribution in [-0.2, 0) is 7.05 Å². The van der Waals surface area contributed by atoms with E-state index in [1.54, 1.807) is 7.05 Å². The third kappa shape index (κ3) is 1.45. The number of carbonyl (C=O) groups is 1. The van der Waals surface area contributed by atoms with Gasteiger partial charge in [-0.3, -0.25) is 4.68 Å². The first-order valence-electron chi connectivity index (χ1n) is 4.07. The van der Waals surface area contributed by atoms with Crippen molar-refractivity contribution in [1.29, 1.82) is 0 Å². The lowest BCUT2D eigenvalue weighted by Gasteiger charge is -1.93. The number of aromatic carboxylic acids is 1. The van der Waals surface area contributed by atoms with Crippen LogP contribution in [0.4, 0.5) is 0 Å². The SMILES string of the molecule is Cn1nc(C2CC2)c(I)c1C(=O)O. The van der Waals surface area contributed by atoms with E-state index in [0.29, 0.717) is 11.6 Å². The van der Waals surface area contributed by atoms with Gasteiger partial charge in [-0.1, -0.05) is 0 Å². The Balaban J connectivity index is 2.50. The molecule has 1 saturated carbocycles. The Morgan fingerprint density at radius 1 is 1.69 bits per heavy atom. The van der Waals surface area contributed by atoms with Gasteiger partial charge >= 0.3 is 5.97 Å². The van der Waals surface area contributed by atoms with Gasteiger partial charge in [0.15, 0.2) is 5.69 Å². The van der Waals surface area contributed by atoms with Crippen LogP contribution in [0.2, 0.25) is 0 Å². The van der Waals surface area contributed by atoms with Crippen LogP contribution < -0.4 is 0 Å². The average molecular weight is 292 g/mol. The third-order valence-electron chi connectivity index (χ3n) is 2.18. The number of hydrogen-bond donors (Lipinski definition) is 1. The lowest BCUT2D eigenvalue weighted by molar-refractivity contribution is 0.0684. The van der Waals surface area contributed by atoms with Crippen LogP contribution in [0.3, 0.4) is 0 Å². The maximum Gasteiger partial charge on any atom is 0.355 e. The third-order valence-corrected chi connectivity index (χ3v) is 3.24. The van der Waals surface area contributed by atoms with Gasteiger partial charge in [-0.05, 0) is 35.4 Å². The molecule has 0 spiro atoms. The Morgan fingerprint density at radius 2 is 2.31 bits per heavy atom. The minimum absolute atomic E-state index is 0.308. The molecular weight excluding hydrogens is 283 g/mol. The first kappa shape index (κ1) is 8.98. The van der Waals surface area contributed by atoms with Gasteiger partial charge in [0.2, 0.25) is 0 Å². The van der Waals surface area contributed by atoms with Crippen LogP contribution in [0.5, 0.6) is 0 Å². The van der Waals surface area contributed by atoms with Crippen molar-refractivity contribution < 1.29 is 9.90 Å². The van der Waals surface area contributed by atoms with E-state index >= 15 is 0 Å². The maximum absolute atomic E-state index is 10.8. The molecule has 2 rings (SSSR count). The Morgan fingerprint density at radius 3 is 2.69 bits per heavy atom. The first-order valence-corrected chi connectivity index (χ1v) is 5.15. The monoisotopic (exact) mass is 292 g/mol. The molecule has 70 valence electrons. The predicted molar refractivity (Wildman–Crippen MR) is 54.9 cm³/mol. The molecular formula is C8H9IN2O2. The molecule has 0 aliphatic heterocycles. The van der Waals surface area contributed by atoms with Crippen molar-refractivity contribution in [1.82, 2.24) is 9.78 Å². The highest BCUT2D eigenvalue weighted by molar-refractivity contribution is 14.1. The highest BCUT2D eigenvalue weighted by atomic mass is 127. The largest absolute Gasteiger partial charge is 0.476 e. The number of carboxylic acids is 1. The van der Waals surface area contributed by atoms with Gasteiger partial charge in [-0.25, -0.2) is 4.79 Å². The molecule has 1 heterocycles. The fourth-order valence-electron chi connectivity index (χ4n) is 1.37. The minimum atomic E-state index is -0.897. The summed E-state index contributed by atoms with van der Waals surface area (Å²) in [5.41, 5.74) is 1.27. The molecule has 0 amide bonds. The number of rotatable bonds is 2. The number of hydrogen-bond acceptors (Lipinski definition) is 2. The van der Waals surface area contributed by atoms with E-state index in [4.69, 9.17) is 5.11 Å². The van der Waals surface area contributed by atoms with E-state index in [0.717, 1.165) is 22.1 Å². The van der Waals surface area contributed by atoms with Gasteiger partial charge in [-0.2, -0.15) is 5.10 Å². The van der Waals surface area contributed by atoms with Crippen LogP contribution in [0.15, 0.2) is 0 Å². The van der Waals surface area contributed by atoms with Crippen molar-refractivity contribution in [3.05, 3.63) is 15.0 Å². The second-order valence-electron chi connectivity index (χ2n) is 3.25. The summed E-state index contributed by atoms with van der Waals surface area (Å²) < 4.78 is 2.26. The van der Waals surface area contributed by atoms with Gasteiger partial charge in [0.1, 0.15) is 0 Å². The van der Waals surface area contributed by atoms with E-state index in [-0.39, 0.29) is 0 Å². The Labute approximate surface area is 89.1 Å². The average Bonchev–Trinajstić information content (AvgIpc) is 2.78.